The van der Waals surface area contributed by atoms with Gasteiger partial charge in [-0.3, -0.25) is 0 Å². The Morgan fingerprint density at radius 2 is 2.14 bits per heavy atom. The molecule has 0 N–H and O–H groups in total. The largest absolute Gasteiger partial charge is 0.392 e. The molecule has 0 atom stereocenters. The van der Waals surface area contributed by atoms with Crippen LogP contribution in [0.5, 0.6) is 0 Å². The first kappa shape index (κ1) is 8.61. The predicted molar refractivity (Wildman–Crippen MR) is 49.1 cm³/mol. The first-order valence-electron chi connectivity index (χ1n) is 4.06. The van der Waals surface area contributed by atoms with Gasteiger partial charge in [0, 0.05) is 5.69 Å². The number of aromatic nitrogens is 3. The van der Waals surface area contributed by atoms with Gasteiger partial charge in [0.1, 0.15) is 0 Å². The van der Waals surface area contributed by atoms with E-state index in [1.165, 1.54) is 10.6 Å². The minimum atomic E-state index is -0.524. The van der Waals surface area contributed by atoms with E-state index in [0.717, 1.165) is 11.4 Å². The molecule has 6 nitrogen and oxygen atoms in total. The van der Waals surface area contributed by atoms with Gasteiger partial charge in [0.25, 0.3) is 0 Å². The molecule has 72 valence electrons. The van der Waals surface area contributed by atoms with E-state index in [1.807, 2.05) is 19.9 Å². The molecule has 0 fully saturated rings. The third-order valence-corrected chi connectivity index (χ3v) is 1.91. The summed E-state index contributed by atoms with van der Waals surface area (Å²) < 4.78 is 1.46. The average molecular weight is 192 g/mol. The second-order valence-electron chi connectivity index (χ2n) is 3.07. The fraction of sp³-hybridized carbons (Fsp3) is 0.250. The number of nitro groups is 1. The molecule has 0 bridgehead atoms. The lowest BCUT2D eigenvalue weighted by atomic mass is 10.3. The van der Waals surface area contributed by atoms with E-state index < -0.39 is 4.92 Å². The van der Waals surface area contributed by atoms with Gasteiger partial charge in [-0.1, -0.05) is 0 Å². The smallest absolute Gasteiger partial charge is 0.358 e. The molecule has 2 aromatic heterocycles. The van der Waals surface area contributed by atoms with E-state index in [2.05, 4.69) is 10.1 Å². The van der Waals surface area contributed by atoms with Crippen LogP contribution in [0.3, 0.4) is 0 Å². The molecule has 0 radical (unpaired) electrons. The Kier molecular flexibility index (Phi) is 1.70. The first-order chi connectivity index (χ1) is 6.58. The van der Waals surface area contributed by atoms with Crippen LogP contribution >= 0.6 is 0 Å². The van der Waals surface area contributed by atoms with E-state index in [-0.39, 0.29) is 5.82 Å². The highest BCUT2D eigenvalue weighted by Crippen LogP contribution is 2.13. The van der Waals surface area contributed by atoms with Crippen LogP contribution in [0.4, 0.5) is 5.82 Å². The van der Waals surface area contributed by atoms with E-state index >= 15 is 0 Å². The maximum absolute atomic E-state index is 10.5. The highest BCUT2D eigenvalue weighted by molar-refractivity contribution is 5.46. The van der Waals surface area contributed by atoms with E-state index in [4.69, 9.17) is 0 Å². The minimum Gasteiger partial charge on any atom is -0.358 e. The summed E-state index contributed by atoms with van der Waals surface area (Å²) in [5, 5.41) is 14.3. The Morgan fingerprint density at radius 3 is 2.79 bits per heavy atom. The quantitative estimate of drug-likeness (QED) is 0.503. The number of fused-ring (bicyclic) bond motifs is 1. The normalized spacial score (nSPS) is 10.7. The first-order valence-corrected chi connectivity index (χ1v) is 4.06. The van der Waals surface area contributed by atoms with Crippen molar-refractivity contribution in [2.45, 2.75) is 13.8 Å². The topological polar surface area (TPSA) is 73.3 Å². The summed E-state index contributed by atoms with van der Waals surface area (Å²) in [5.74, 6) is -0.175. The number of hydrogen-bond donors (Lipinski definition) is 0. The molecule has 0 saturated heterocycles. The summed E-state index contributed by atoms with van der Waals surface area (Å²) in [7, 11) is 0. The van der Waals surface area contributed by atoms with Crippen LogP contribution in [-0.2, 0) is 0 Å². The molecule has 14 heavy (non-hydrogen) atoms. The molecule has 2 aromatic rings. The van der Waals surface area contributed by atoms with Gasteiger partial charge < -0.3 is 10.1 Å². The van der Waals surface area contributed by atoms with Gasteiger partial charge in [0.2, 0.25) is 0 Å². The summed E-state index contributed by atoms with van der Waals surface area (Å²) in [6.45, 7) is 3.67. The van der Waals surface area contributed by atoms with Crippen molar-refractivity contribution in [3.05, 3.63) is 33.6 Å². The lowest BCUT2D eigenvalue weighted by molar-refractivity contribution is -0.389. The number of nitrogens with zero attached hydrogens (tertiary/aromatic N) is 4. The van der Waals surface area contributed by atoms with E-state index in [9.17, 15) is 10.1 Å². The SMILES string of the molecule is Cc1cc(C)n2nc([N+](=O)[O-])cc2n1. The average Bonchev–Trinajstić information content (AvgIpc) is 2.47. The second kappa shape index (κ2) is 2.76. The lowest BCUT2D eigenvalue weighted by Gasteiger charge is -1.94. The summed E-state index contributed by atoms with van der Waals surface area (Å²) in [4.78, 5) is 14.1. The van der Waals surface area contributed by atoms with E-state index in [1.54, 1.807) is 0 Å². The van der Waals surface area contributed by atoms with Gasteiger partial charge in [-0.2, -0.15) is 0 Å². The maximum Gasteiger partial charge on any atom is 0.392 e. The van der Waals surface area contributed by atoms with Crippen molar-refractivity contribution in [3.8, 4) is 0 Å². The number of aryl methyl sites for hydroxylation is 2. The molecule has 2 heterocycles. The Balaban J connectivity index is 2.76. The number of rotatable bonds is 1. The van der Waals surface area contributed by atoms with Gasteiger partial charge >= 0.3 is 5.82 Å². The van der Waals surface area contributed by atoms with Gasteiger partial charge in [0.05, 0.1) is 16.9 Å². The minimum absolute atomic E-state index is 0.175. The summed E-state index contributed by atoms with van der Waals surface area (Å²) >= 11 is 0. The zero-order valence-electron chi connectivity index (χ0n) is 7.76. The Hall–Kier alpha value is -1.98. The molecule has 0 aliphatic heterocycles. The Bertz CT molecular complexity index is 517. The highest BCUT2D eigenvalue weighted by Gasteiger charge is 2.15. The fourth-order valence-electron chi connectivity index (χ4n) is 1.36. The number of hydrogen-bond acceptors (Lipinski definition) is 4. The predicted octanol–water partition coefficient (Wildman–Crippen LogP) is 1.25. The van der Waals surface area contributed by atoms with Crippen molar-refractivity contribution in [1.82, 2.24) is 14.6 Å². The highest BCUT2D eigenvalue weighted by atomic mass is 16.6. The molecular formula is C8H8N4O2. The Labute approximate surface area is 79.3 Å². The fourth-order valence-corrected chi connectivity index (χ4v) is 1.36. The summed E-state index contributed by atoms with van der Waals surface area (Å²) in [6.07, 6.45) is 0. The van der Waals surface area contributed by atoms with Gasteiger partial charge in [0.15, 0.2) is 5.65 Å². The van der Waals surface area contributed by atoms with Crippen molar-refractivity contribution >= 4 is 11.5 Å². The molecular weight excluding hydrogens is 184 g/mol. The molecule has 0 spiro atoms. The molecule has 0 aliphatic rings. The second-order valence-corrected chi connectivity index (χ2v) is 3.07. The lowest BCUT2D eigenvalue weighted by Crippen LogP contribution is -1.97. The van der Waals surface area contributed by atoms with Crippen LogP contribution < -0.4 is 0 Å². The summed E-state index contributed by atoms with van der Waals surface area (Å²) in [6, 6.07) is 3.18. The Morgan fingerprint density at radius 1 is 1.43 bits per heavy atom. The van der Waals surface area contributed by atoms with E-state index in [0.29, 0.717) is 5.65 Å². The third kappa shape index (κ3) is 1.20. The van der Waals surface area contributed by atoms with Crippen molar-refractivity contribution in [2.75, 3.05) is 0 Å². The standard InChI is InChI=1S/C8H8N4O2/c1-5-3-6(2)11-7(9-5)4-8(10-11)12(13)14/h3-4H,1-2H3. The zero-order chi connectivity index (χ0) is 10.3. The van der Waals surface area contributed by atoms with Crippen LogP contribution in [0.2, 0.25) is 0 Å². The van der Waals surface area contributed by atoms with Crippen LogP contribution in [-0.4, -0.2) is 19.5 Å². The zero-order valence-corrected chi connectivity index (χ0v) is 7.76. The molecule has 0 aliphatic carbocycles. The van der Waals surface area contributed by atoms with Gasteiger partial charge in [-0.25, -0.2) is 4.98 Å². The van der Waals surface area contributed by atoms with Crippen LogP contribution in [0.1, 0.15) is 11.4 Å². The van der Waals surface area contributed by atoms with Crippen molar-refractivity contribution in [2.24, 2.45) is 0 Å². The van der Waals surface area contributed by atoms with Crippen LogP contribution in [0, 0.1) is 24.0 Å². The third-order valence-electron chi connectivity index (χ3n) is 1.91. The molecule has 2 rings (SSSR count). The maximum atomic E-state index is 10.5. The van der Waals surface area contributed by atoms with Crippen LogP contribution in [0.15, 0.2) is 12.1 Å². The molecule has 0 unspecified atom stereocenters. The molecule has 0 aromatic carbocycles. The van der Waals surface area contributed by atoms with Crippen molar-refractivity contribution < 1.29 is 4.92 Å². The van der Waals surface area contributed by atoms with Gasteiger partial charge in [-0.05, 0) is 24.8 Å². The molecule has 0 saturated carbocycles. The van der Waals surface area contributed by atoms with Crippen molar-refractivity contribution in [1.29, 1.82) is 0 Å². The van der Waals surface area contributed by atoms with Crippen LogP contribution in [0.25, 0.3) is 5.65 Å². The van der Waals surface area contributed by atoms with Crippen molar-refractivity contribution in [3.63, 3.8) is 0 Å². The van der Waals surface area contributed by atoms with Gasteiger partial charge in [-0.15, -0.1) is 4.52 Å². The monoisotopic (exact) mass is 192 g/mol. The molecule has 0 amide bonds. The summed E-state index contributed by atoms with van der Waals surface area (Å²) in [5.41, 5.74) is 2.17. The molecule has 6 heteroatoms.